The fraction of sp³-hybridized carbons (Fsp3) is 0.235. The molecule has 0 saturated carbocycles. The van der Waals surface area contributed by atoms with Crippen LogP contribution in [0, 0.1) is 0 Å². The summed E-state index contributed by atoms with van der Waals surface area (Å²) in [5, 5.41) is 3.36. The maximum atomic E-state index is 14.5. The van der Waals surface area contributed by atoms with Crippen molar-refractivity contribution >= 4 is 50.7 Å². The number of hydrogen-bond donors (Lipinski definition) is 1. The summed E-state index contributed by atoms with van der Waals surface area (Å²) in [5.41, 5.74) is 1.10. The molecule has 10 heteroatoms. The van der Waals surface area contributed by atoms with Gasteiger partial charge in [-0.25, -0.2) is 8.42 Å². The highest BCUT2D eigenvalue weighted by Gasteiger charge is 2.36. The van der Waals surface area contributed by atoms with E-state index in [2.05, 4.69) is 5.32 Å². The number of sulfonamides is 1. The summed E-state index contributed by atoms with van der Waals surface area (Å²) < 4.78 is 29.1. The molecule has 4 rings (SSSR count). The van der Waals surface area contributed by atoms with Crippen LogP contribution in [0.3, 0.4) is 0 Å². The number of rotatable bonds is 11. The second-order valence-corrected chi connectivity index (χ2v) is 14.1. The van der Waals surface area contributed by atoms with E-state index in [4.69, 9.17) is 23.2 Å². The summed E-state index contributed by atoms with van der Waals surface area (Å²) in [4.78, 5) is 29.8. The van der Waals surface area contributed by atoms with Gasteiger partial charge in [-0.05, 0) is 62.2 Å². The smallest absolute Gasteiger partial charge is 0.264 e. The lowest BCUT2D eigenvalue weighted by atomic mass is 10.0. The Labute approximate surface area is 269 Å². The highest BCUT2D eigenvalue weighted by atomic mass is 35.5. The van der Waals surface area contributed by atoms with Crippen molar-refractivity contribution in [3.63, 3.8) is 0 Å². The van der Waals surface area contributed by atoms with E-state index in [1.54, 1.807) is 18.2 Å². The highest BCUT2D eigenvalue weighted by Crippen LogP contribution is 2.33. The molecular weight excluding hydrogens is 617 g/mol. The van der Waals surface area contributed by atoms with Gasteiger partial charge in [0, 0.05) is 23.5 Å². The Morgan fingerprint density at radius 2 is 1.34 bits per heavy atom. The molecule has 0 saturated heterocycles. The number of anilines is 1. The number of carbonyl (C=O) groups is 2. The van der Waals surface area contributed by atoms with Crippen molar-refractivity contribution in [3.05, 3.63) is 130 Å². The zero-order chi connectivity index (χ0) is 31.9. The van der Waals surface area contributed by atoms with Crippen LogP contribution in [0.5, 0.6) is 0 Å². The summed E-state index contributed by atoms with van der Waals surface area (Å²) in [5.74, 6) is -0.946. The fourth-order valence-corrected chi connectivity index (χ4v) is 6.58. The van der Waals surface area contributed by atoms with Gasteiger partial charge >= 0.3 is 0 Å². The van der Waals surface area contributed by atoms with Crippen LogP contribution >= 0.6 is 23.2 Å². The van der Waals surface area contributed by atoms with Crippen LogP contribution < -0.4 is 9.62 Å². The molecule has 0 radical (unpaired) electrons. The highest BCUT2D eigenvalue weighted by molar-refractivity contribution is 7.92. The third-order valence-electron chi connectivity index (χ3n) is 6.75. The number of nitrogens with zero attached hydrogens (tertiary/aromatic N) is 2. The second kappa shape index (κ2) is 14.3. The molecule has 2 amide bonds. The standard InChI is InChI=1S/C34H35Cl2N3O4S/c1-34(2,3)37-33(41)31(21-25-13-7-4-8-14-25)38(23-26-15-9-5-10-16-26)32(40)24-39(30-22-27(35)19-20-29(30)36)44(42,43)28-17-11-6-12-18-28/h4-20,22,31H,21,23-24H2,1-3H3,(H,37,41). The van der Waals surface area contributed by atoms with E-state index in [0.717, 1.165) is 15.4 Å². The molecule has 1 unspecified atom stereocenters. The molecule has 7 nitrogen and oxygen atoms in total. The largest absolute Gasteiger partial charge is 0.350 e. The molecule has 230 valence electrons. The first-order valence-electron chi connectivity index (χ1n) is 14.1. The Kier molecular flexibility index (Phi) is 10.7. The van der Waals surface area contributed by atoms with E-state index in [-0.39, 0.29) is 39.5 Å². The van der Waals surface area contributed by atoms with Gasteiger partial charge in [0.05, 0.1) is 15.6 Å². The Balaban J connectivity index is 1.83. The van der Waals surface area contributed by atoms with Crippen LogP contribution in [0.1, 0.15) is 31.9 Å². The predicted octanol–water partition coefficient (Wildman–Crippen LogP) is 6.74. The monoisotopic (exact) mass is 651 g/mol. The first kappa shape index (κ1) is 33.1. The molecule has 0 aliphatic carbocycles. The zero-order valence-corrected chi connectivity index (χ0v) is 27.1. The lowest BCUT2D eigenvalue weighted by Crippen LogP contribution is -2.56. The van der Waals surface area contributed by atoms with Gasteiger partial charge in [0.25, 0.3) is 10.0 Å². The van der Waals surface area contributed by atoms with Gasteiger partial charge in [0.2, 0.25) is 11.8 Å². The molecule has 4 aromatic rings. The number of nitrogens with one attached hydrogen (secondary N) is 1. The van der Waals surface area contributed by atoms with Gasteiger partial charge in [0.15, 0.2) is 0 Å². The molecule has 0 fully saturated rings. The summed E-state index contributed by atoms with van der Waals surface area (Å²) >= 11 is 12.8. The van der Waals surface area contributed by atoms with Crippen molar-refractivity contribution in [2.24, 2.45) is 0 Å². The molecule has 0 heterocycles. The fourth-order valence-electron chi connectivity index (χ4n) is 4.70. The Hall–Kier alpha value is -3.85. The maximum Gasteiger partial charge on any atom is 0.264 e. The molecule has 0 aliphatic rings. The van der Waals surface area contributed by atoms with Crippen LogP contribution in [0.25, 0.3) is 0 Å². The number of amides is 2. The minimum Gasteiger partial charge on any atom is -0.350 e. The lowest BCUT2D eigenvalue weighted by molar-refractivity contribution is -0.140. The quantitative estimate of drug-likeness (QED) is 0.194. The van der Waals surface area contributed by atoms with Crippen LogP contribution in [-0.2, 0) is 32.6 Å². The third-order valence-corrected chi connectivity index (χ3v) is 9.08. The second-order valence-electron chi connectivity index (χ2n) is 11.4. The number of carbonyl (C=O) groups excluding carboxylic acids is 2. The van der Waals surface area contributed by atoms with Crippen molar-refractivity contribution in [2.45, 2.75) is 50.2 Å². The van der Waals surface area contributed by atoms with Gasteiger partial charge in [-0.2, -0.15) is 0 Å². The summed E-state index contributed by atoms with van der Waals surface area (Å²) in [6, 6.07) is 29.9. The van der Waals surface area contributed by atoms with Crippen LogP contribution in [0.15, 0.2) is 114 Å². The number of benzene rings is 4. The minimum absolute atomic E-state index is 0.0234. The molecule has 4 aromatic carbocycles. The van der Waals surface area contributed by atoms with E-state index in [0.29, 0.717) is 0 Å². The molecule has 44 heavy (non-hydrogen) atoms. The summed E-state index contributed by atoms with van der Waals surface area (Å²) in [7, 11) is -4.29. The van der Waals surface area contributed by atoms with E-state index in [1.807, 2.05) is 81.4 Å². The third kappa shape index (κ3) is 8.62. The molecule has 0 spiro atoms. The number of hydrogen-bond acceptors (Lipinski definition) is 4. The van der Waals surface area contributed by atoms with E-state index >= 15 is 0 Å². The van der Waals surface area contributed by atoms with Crippen molar-refractivity contribution in [1.82, 2.24) is 10.2 Å². The summed E-state index contributed by atoms with van der Waals surface area (Å²) in [6.07, 6.45) is 0.213. The normalized spacial score (nSPS) is 12.3. The van der Waals surface area contributed by atoms with Gasteiger partial charge in [-0.3, -0.25) is 13.9 Å². The molecule has 1 N–H and O–H groups in total. The Morgan fingerprint density at radius 1 is 0.795 bits per heavy atom. The van der Waals surface area contributed by atoms with E-state index in [1.165, 1.54) is 35.2 Å². The molecular formula is C34H35Cl2N3O4S. The van der Waals surface area contributed by atoms with E-state index < -0.39 is 34.1 Å². The average Bonchev–Trinajstić information content (AvgIpc) is 2.99. The van der Waals surface area contributed by atoms with Crippen LogP contribution in [0.2, 0.25) is 10.0 Å². The molecule has 0 aliphatic heterocycles. The first-order chi connectivity index (χ1) is 20.8. The van der Waals surface area contributed by atoms with Crippen molar-refractivity contribution in [1.29, 1.82) is 0 Å². The van der Waals surface area contributed by atoms with Crippen LogP contribution in [-0.4, -0.2) is 43.3 Å². The van der Waals surface area contributed by atoms with Gasteiger partial charge < -0.3 is 10.2 Å². The lowest BCUT2D eigenvalue weighted by Gasteiger charge is -2.35. The van der Waals surface area contributed by atoms with Gasteiger partial charge in [0.1, 0.15) is 12.6 Å². The molecule has 1 atom stereocenters. The van der Waals surface area contributed by atoms with E-state index in [9.17, 15) is 18.0 Å². The minimum atomic E-state index is -4.29. The Morgan fingerprint density at radius 3 is 1.91 bits per heavy atom. The van der Waals surface area contributed by atoms with Gasteiger partial charge in [-0.1, -0.05) is 102 Å². The topological polar surface area (TPSA) is 86.8 Å². The zero-order valence-electron chi connectivity index (χ0n) is 24.8. The van der Waals surface area contributed by atoms with Gasteiger partial charge in [-0.15, -0.1) is 0 Å². The molecule has 0 aromatic heterocycles. The predicted molar refractivity (Wildman–Crippen MR) is 176 cm³/mol. The van der Waals surface area contributed by atoms with Crippen molar-refractivity contribution in [3.8, 4) is 0 Å². The Bertz CT molecular complexity index is 1680. The maximum absolute atomic E-state index is 14.5. The summed E-state index contributed by atoms with van der Waals surface area (Å²) in [6.45, 7) is 5.03. The van der Waals surface area contributed by atoms with Crippen LogP contribution in [0.4, 0.5) is 5.69 Å². The number of halogens is 2. The first-order valence-corrected chi connectivity index (χ1v) is 16.3. The average molecular weight is 653 g/mol. The molecule has 0 bridgehead atoms. The van der Waals surface area contributed by atoms with Crippen molar-refractivity contribution in [2.75, 3.05) is 10.8 Å². The SMILES string of the molecule is CC(C)(C)NC(=O)C(Cc1ccccc1)N(Cc1ccccc1)C(=O)CN(c1cc(Cl)ccc1Cl)S(=O)(=O)c1ccccc1. The van der Waals surface area contributed by atoms with Crippen molar-refractivity contribution < 1.29 is 18.0 Å².